The van der Waals surface area contributed by atoms with Crippen molar-refractivity contribution >= 4 is 11.6 Å². The van der Waals surface area contributed by atoms with Gasteiger partial charge in [0.1, 0.15) is 5.82 Å². The lowest BCUT2D eigenvalue weighted by atomic mass is 10.1. The summed E-state index contributed by atoms with van der Waals surface area (Å²) in [6.45, 7) is 1.37. The van der Waals surface area contributed by atoms with Crippen molar-refractivity contribution in [2.75, 3.05) is 0 Å². The molecule has 112 valence electrons. The topological polar surface area (TPSA) is 43.8 Å². The molecule has 0 spiro atoms. The molecule has 3 nitrogen and oxygen atoms in total. The molecule has 0 saturated carbocycles. The van der Waals surface area contributed by atoms with E-state index >= 15 is 0 Å². The first-order valence-corrected chi connectivity index (χ1v) is 7.65. The lowest BCUT2D eigenvalue weighted by Crippen LogP contribution is -2.06. The lowest BCUT2D eigenvalue weighted by molar-refractivity contribution is 0.740. The summed E-state index contributed by atoms with van der Waals surface area (Å²) < 4.78 is 2.15. The van der Waals surface area contributed by atoms with Crippen LogP contribution in [0.15, 0.2) is 60.9 Å². The number of imidazole rings is 1. The summed E-state index contributed by atoms with van der Waals surface area (Å²) in [7, 11) is 0. The van der Waals surface area contributed by atoms with Crippen molar-refractivity contribution in [3.63, 3.8) is 0 Å². The Labute approximate surface area is 135 Å². The molecule has 0 radical (unpaired) electrons. The third-order valence-corrected chi connectivity index (χ3v) is 4.09. The van der Waals surface area contributed by atoms with Crippen LogP contribution in [0.25, 0.3) is 0 Å². The SMILES string of the molecule is NCc1ccc(Cn2ccnc2Cc2ccccc2Cl)cc1. The van der Waals surface area contributed by atoms with E-state index in [0.717, 1.165) is 34.9 Å². The Hall–Kier alpha value is -2.10. The summed E-state index contributed by atoms with van der Waals surface area (Å²) in [5.74, 6) is 1.01. The van der Waals surface area contributed by atoms with Crippen molar-refractivity contribution in [1.82, 2.24) is 9.55 Å². The van der Waals surface area contributed by atoms with Gasteiger partial charge in [-0.2, -0.15) is 0 Å². The van der Waals surface area contributed by atoms with E-state index in [1.807, 2.05) is 36.7 Å². The summed E-state index contributed by atoms with van der Waals surface area (Å²) in [5, 5.41) is 0.782. The number of hydrogen-bond donors (Lipinski definition) is 1. The molecule has 0 amide bonds. The van der Waals surface area contributed by atoms with Gasteiger partial charge >= 0.3 is 0 Å². The highest BCUT2D eigenvalue weighted by Crippen LogP contribution is 2.18. The molecule has 1 aromatic heterocycles. The van der Waals surface area contributed by atoms with E-state index in [1.165, 1.54) is 5.56 Å². The molecule has 0 atom stereocenters. The Balaban J connectivity index is 1.78. The minimum absolute atomic E-state index is 0.573. The van der Waals surface area contributed by atoms with Crippen LogP contribution in [0.4, 0.5) is 0 Å². The molecule has 0 aliphatic rings. The molecule has 4 heteroatoms. The first-order valence-electron chi connectivity index (χ1n) is 7.27. The van der Waals surface area contributed by atoms with Crippen LogP contribution >= 0.6 is 11.6 Å². The maximum absolute atomic E-state index is 6.24. The zero-order valence-corrected chi connectivity index (χ0v) is 13.0. The molecule has 3 rings (SSSR count). The van der Waals surface area contributed by atoms with E-state index in [1.54, 1.807) is 0 Å². The van der Waals surface area contributed by atoms with Crippen LogP contribution in [0.5, 0.6) is 0 Å². The first kappa shape index (κ1) is 14.8. The summed E-state index contributed by atoms with van der Waals surface area (Å²) in [6.07, 6.45) is 4.57. The van der Waals surface area contributed by atoms with E-state index in [9.17, 15) is 0 Å². The lowest BCUT2D eigenvalue weighted by Gasteiger charge is -2.09. The van der Waals surface area contributed by atoms with Crippen LogP contribution in [0, 0.1) is 0 Å². The Morgan fingerprint density at radius 2 is 1.73 bits per heavy atom. The number of nitrogens with zero attached hydrogens (tertiary/aromatic N) is 2. The van der Waals surface area contributed by atoms with Gasteiger partial charge in [0, 0.05) is 36.9 Å². The van der Waals surface area contributed by atoms with Crippen LogP contribution < -0.4 is 5.73 Å². The molecule has 1 heterocycles. The number of rotatable bonds is 5. The van der Waals surface area contributed by atoms with Crippen LogP contribution in [-0.4, -0.2) is 9.55 Å². The molecular weight excluding hydrogens is 294 g/mol. The molecule has 0 aliphatic carbocycles. The molecule has 0 saturated heterocycles. The van der Waals surface area contributed by atoms with Gasteiger partial charge in [-0.1, -0.05) is 54.1 Å². The zero-order valence-electron chi connectivity index (χ0n) is 12.2. The van der Waals surface area contributed by atoms with Crippen LogP contribution in [0.2, 0.25) is 5.02 Å². The van der Waals surface area contributed by atoms with E-state index < -0.39 is 0 Å². The average Bonchev–Trinajstić information content (AvgIpc) is 2.97. The minimum atomic E-state index is 0.573. The predicted octanol–water partition coefficient (Wildman–Crippen LogP) is 3.63. The van der Waals surface area contributed by atoms with Crippen LogP contribution in [-0.2, 0) is 19.5 Å². The van der Waals surface area contributed by atoms with Crippen molar-refractivity contribution in [2.45, 2.75) is 19.5 Å². The van der Waals surface area contributed by atoms with Crippen LogP contribution in [0.1, 0.15) is 22.5 Å². The van der Waals surface area contributed by atoms with Gasteiger partial charge in [0.05, 0.1) is 0 Å². The van der Waals surface area contributed by atoms with Gasteiger partial charge in [0.25, 0.3) is 0 Å². The molecule has 0 bridgehead atoms. The number of aromatic nitrogens is 2. The number of hydrogen-bond acceptors (Lipinski definition) is 2. The second-order valence-electron chi connectivity index (χ2n) is 5.26. The molecule has 2 aromatic carbocycles. The summed E-state index contributed by atoms with van der Waals surface area (Å²) >= 11 is 6.24. The predicted molar refractivity (Wildman–Crippen MR) is 89.9 cm³/mol. The Kier molecular flexibility index (Phi) is 4.56. The molecule has 0 aliphatic heterocycles. The number of halogens is 1. The van der Waals surface area contributed by atoms with Gasteiger partial charge in [0.15, 0.2) is 0 Å². The van der Waals surface area contributed by atoms with E-state index in [-0.39, 0.29) is 0 Å². The standard InChI is InChI=1S/C18H18ClN3/c19-17-4-2-1-3-16(17)11-18-21-9-10-22(18)13-15-7-5-14(12-20)6-8-15/h1-10H,11-13,20H2. The fourth-order valence-electron chi connectivity index (χ4n) is 2.44. The molecule has 0 unspecified atom stereocenters. The van der Waals surface area contributed by atoms with Crippen molar-refractivity contribution in [3.05, 3.63) is 88.5 Å². The van der Waals surface area contributed by atoms with Crippen LogP contribution in [0.3, 0.4) is 0 Å². The quantitative estimate of drug-likeness (QED) is 0.782. The van der Waals surface area contributed by atoms with Gasteiger partial charge in [-0.25, -0.2) is 4.98 Å². The van der Waals surface area contributed by atoms with Gasteiger partial charge in [-0.05, 0) is 22.8 Å². The molecule has 22 heavy (non-hydrogen) atoms. The smallest absolute Gasteiger partial charge is 0.113 e. The zero-order chi connectivity index (χ0) is 15.4. The molecular formula is C18H18ClN3. The second-order valence-corrected chi connectivity index (χ2v) is 5.67. The normalized spacial score (nSPS) is 10.8. The highest BCUT2D eigenvalue weighted by molar-refractivity contribution is 6.31. The maximum Gasteiger partial charge on any atom is 0.113 e. The minimum Gasteiger partial charge on any atom is -0.330 e. The van der Waals surface area contributed by atoms with Gasteiger partial charge in [-0.15, -0.1) is 0 Å². The summed E-state index contributed by atoms with van der Waals surface area (Å²) in [6, 6.07) is 16.3. The first-order chi connectivity index (χ1) is 10.8. The molecule has 2 N–H and O–H groups in total. The maximum atomic E-state index is 6.24. The fraction of sp³-hybridized carbons (Fsp3) is 0.167. The fourth-order valence-corrected chi connectivity index (χ4v) is 2.64. The third kappa shape index (κ3) is 3.38. The number of nitrogens with two attached hydrogens (primary N) is 1. The van der Waals surface area contributed by atoms with Crippen molar-refractivity contribution in [2.24, 2.45) is 5.73 Å². The van der Waals surface area contributed by atoms with Gasteiger partial charge in [0.2, 0.25) is 0 Å². The highest BCUT2D eigenvalue weighted by Gasteiger charge is 2.07. The second kappa shape index (κ2) is 6.77. The summed E-state index contributed by atoms with van der Waals surface area (Å²) in [5.41, 5.74) is 9.10. The van der Waals surface area contributed by atoms with Crippen molar-refractivity contribution < 1.29 is 0 Å². The Bertz CT molecular complexity index is 747. The van der Waals surface area contributed by atoms with Crippen molar-refractivity contribution in [1.29, 1.82) is 0 Å². The van der Waals surface area contributed by atoms with E-state index in [0.29, 0.717) is 6.54 Å². The van der Waals surface area contributed by atoms with Gasteiger partial charge in [-0.3, -0.25) is 0 Å². The Morgan fingerprint density at radius 3 is 2.45 bits per heavy atom. The Morgan fingerprint density at radius 1 is 1.00 bits per heavy atom. The van der Waals surface area contributed by atoms with E-state index in [4.69, 9.17) is 17.3 Å². The highest BCUT2D eigenvalue weighted by atomic mass is 35.5. The molecule has 0 fully saturated rings. The van der Waals surface area contributed by atoms with E-state index in [2.05, 4.69) is 33.8 Å². The molecule has 3 aromatic rings. The largest absolute Gasteiger partial charge is 0.330 e. The number of benzene rings is 2. The van der Waals surface area contributed by atoms with Crippen molar-refractivity contribution in [3.8, 4) is 0 Å². The summed E-state index contributed by atoms with van der Waals surface area (Å²) in [4.78, 5) is 4.47. The third-order valence-electron chi connectivity index (χ3n) is 3.72. The monoisotopic (exact) mass is 311 g/mol. The van der Waals surface area contributed by atoms with Gasteiger partial charge < -0.3 is 10.3 Å². The average molecular weight is 312 g/mol.